The summed E-state index contributed by atoms with van der Waals surface area (Å²) in [6, 6.07) is 7.55. The Balaban J connectivity index is 2.77. The molecule has 0 radical (unpaired) electrons. The van der Waals surface area contributed by atoms with Crippen molar-refractivity contribution >= 4 is 23.1 Å². The van der Waals surface area contributed by atoms with Gasteiger partial charge >= 0.3 is 0 Å². The van der Waals surface area contributed by atoms with Crippen molar-refractivity contribution in [2.24, 2.45) is 11.7 Å². The molecule has 0 saturated heterocycles. The molecule has 92 valence electrons. The average molecular weight is 250 g/mol. The summed E-state index contributed by atoms with van der Waals surface area (Å²) >= 11 is 4.91. The minimum absolute atomic E-state index is 0.00574. The Morgan fingerprint density at radius 2 is 2.06 bits per heavy atom. The zero-order chi connectivity index (χ0) is 13.0. The summed E-state index contributed by atoms with van der Waals surface area (Å²) in [5.74, 6) is 0.0363. The summed E-state index contributed by atoms with van der Waals surface area (Å²) < 4.78 is 0. The predicted octanol–water partition coefficient (Wildman–Crippen LogP) is 1.99. The van der Waals surface area contributed by atoms with Crippen molar-refractivity contribution < 1.29 is 4.79 Å². The Labute approximate surface area is 108 Å². The summed E-state index contributed by atoms with van der Waals surface area (Å²) in [6.45, 7) is 4.39. The Kier molecular flexibility index (Phi) is 4.63. The maximum atomic E-state index is 12.2. The molecule has 1 amide bonds. The summed E-state index contributed by atoms with van der Waals surface area (Å²) in [4.78, 5) is 14.3. The van der Waals surface area contributed by atoms with Gasteiger partial charge in [-0.3, -0.25) is 4.79 Å². The quantitative estimate of drug-likeness (QED) is 0.831. The van der Waals surface area contributed by atoms with Crippen LogP contribution in [0.5, 0.6) is 0 Å². The van der Waals surface area contributed by atoms with Gasteiger partial charge in [0.25, 0.3) is 5.91 Å². The van der Waals surface area contributed by atoms with E-state index in [-0.39, 0.29) is 11.8 Å². The van der Waals surface area contributed by atoms with Crippen molar-refractivity contribution in [2.45, 2.75) is 13.8 Å². The lowest BCUT2D eigenvalue weighted by atomic mass is 10.1. The number of hydrogen-bond donors (Lipinski definition) is 1. The van der Waals surface area contributed by atoms with Crippen LogP contribution in [0, 0.1) is 12.8 Å². The Morgan fingerprint density at radius 1 is 1.47 bits per heavy atom. The minimum atomic E-state index is 0.00574. The molecular formula is C13H18N2OS. The van der Waals surface area contributed by atoms with Gasteiger partial charge in [-0.15, -0.1) is 0 Å². The van der Waals surface area contributed by atoms with Gasteiger partial charge in [0.2, 0.25) is 0 Å². The third-order valence-electron chi connectivity index (χ3n) is 2.76. The third-order valence-corrected chi connectivity index (χ3v) is 3.16. The average Bonchev–Trinajstić information content (AvgIpc) is 2.28. The van der Waals surface area contributed by atoms with Gasteiger partial charge < -0.3 is 10.6 Å². The Hall–Kier alpha value is -1.42. The molecule has 0 fully saturated rings. The number of nitrogens with zero attached hydrogens (tertiary/aromatic N) is 1. The molecule has 1 unspecified atom stereocenters. The van der Waals surface area contributed by atoms with Crippen molar-refractivity contribution in [2.75, 3.05) is 13.6 Å². The van der Waals surface area contributed by atoms with E-state index in [4.69, 9.17) is 18.0 Å². The standard InChI is InChI=1S/C13H18N2OS/c1-9-6-4-5-7-11(9)13(16)15(3)8-10(2)12(14)17/h4-7,10H,8H2,1-3H3,(H2,14,17). The van der Waals surface area contributed by atoms with Crippen molar-refractivity contribution in [3.8, 4) is 0 Å². The van der Waals surface area contributed by atoms with E-state index < -0.39 is 0 Å². The fourth-order valence-corrected chi connectivity index (χ4v) is 1.68. The molecule has 0 aliphatic rings. The molecule has 0 heterocycles. The molecule has 0 spiro atoms. The van der Waals surface area contributed by atoms with Gasteiger partial charge in [0.1, 0.15) is 0 Å². The summed E-state index contributed by atoms with van der Waals surface area (Å²) in [5, 5.41) is 0. The highest BCUT2D eigenvalue weighted by atomic mass is 32.1. The third kappa shape index (κ3) is 3.53. The fraction of sp³-hybridized carbons (Fsp3) is 0.385. The first-order valence-corrected chi connectivity index (χ1v) is 5.94. The molecule has 1 rings (SSSR count). The molecule has 17 heavy (non-hydrogen) atoms. The Morgan fingerprint density at radius 3 is 2.59 bits per heavy atom. The first-order valence-electron chi connectivity index (χ1n) is 5.54. The SMILES string of the molecule is Cc1ccccc1C(=O)N(C)CC(C)C(N)=S. The van der Waals surface area contributed by atoms with Crippen LogP contribution in [0.2, 0.25) is 0 Å². The molecule has 1 aromatic carbocycles. The van der Waals surface area contributed by atoms with Crippen LogP contribution in [-0.2, 0) is 0 Å². The number of carbonyl (C=O) groups excluding carboxylic acids is 1. The number of aryl methyl sites for hydroxylation is 1. The largest absolute Gasteiger partial charge is 0.393 e. The molecule has 2 N–H and O–H groups in total. The van der Waals surface area contributed by atoms with Gasteiger partial charge in [0.05, 0.1) is 4.99 Å². The zero-order valence-corrected chi connectivity index (χ0v) is 11.3. The Bertz CT molecular complexity index is 431. The zero-order valence-electron chi connectivity index (χ0n) is 10.4. The maximum absolute atomic E-state index is 12.2. The van der Waals surface area contributed by atoms with E-state index in [1.165, 1.54) is 0 Å². The first-order chi connectivity index (χ1) is 7.93. The lowest BCUT2D eigenvalue weighted by molar-refractivity contribution is 0.0786. The molecule has 0 aliphatic carbocycles. The first kappa shape index (κ1) is 13.6. The predicted molar refractivity (Wildman–Crippen MR) is 74.1 cm³/mol. The van der Waals surface area contributed by atoms with Crippen LogP contribution in [0.1, 0.15) is 22.8 Å². The normalized spacial score (nSPS) is 11.9. The molecule has 1 aromatic rings. The van der Waals surface area contributed by atoms with E-state index in [2.05, 4.69) is 0 Å². The van der Waals surface area contributed by atoms with Gasteiger partial charge in [-0.05, 0) is 18.6 Å². The molecule has 4 heteroatoms. The van der Waals surface area contributed by atoms with Crippen LogP contribution in [0.25, 0.3) is 0 Å². The molecular weight excluding hydrogens is 232 g/mol. The lowest BCUT2D eigenvalue weighted by Gasteiger charge is -2.21. The van der Waals surface area contributed by atoms with Gasteiger partial charge in [-0.2, -0.15) is 0 Å². The number of nitrogens with two attached hydrogens (primary N) is 1. The summed E-state index contributed by atoms with van der Waals surface area (Å²) in [5.41, 5.74) is 7.25. The van der Waals surface area contributed by atoms with Crippen molar-refractivity contribution in [3.63, 3.8) is 0 Å². The van der Waals surface area contributed by atoms with Crippen molar-refractivity contribution in [1.29, 1.82) is 0 Å². The van der Waals surface area contributed by atoms with Crippen LogP contribution in [0.4, 0.5) is 0 Å². The number of amides is 1. The number of benzene rings is 1. The smallest absolute Gasteiger partial charge is 0.253 e. The molecule has 1 atom stereocenters. The van der Waals surface area contributed by atoms with Crippen LogP contribution in [0.15, 0.2) is 24.3 Å². The van der Waals surface area contributed by atoms with Gasteiger partial charge in [-0.25, -0.2) is 0 Å². The highest BCUT2D eigenvalue weighted by Crippen LogP contribution is 2.11. The van der Waals surface area contributed by atoms with Crippen molar-refractivity contribution in [3.05, 3.63) is 35.4 Å². The maximum Gasteiger partial charge on any atom is 0.253 e. The molecule has 3 nitrogen and oxygen atoms in total. The number of hydrogen-bond acceptors (Lipinski definition) is 2. The van der Waals surface area contributed by atoms with E-state index in [1.54, 1.807) is 11.9 Å². The topological polar surface area (TPSA) is 46.3 Å². The number of thiocarbonyl (C=S) groups is 1. The van der Waals surface area contributed by atoms with E-state index >= 15 is 0 Å². The highest BCUT2D eigenvalue weighted by molar-refractivity contribution is 7.80. The van der Waals surface area contributed by atoms with E-state index in [0.29, 0.717) is 11.5 Å². The second kappa shape index (κ2) is 5.77. The summed E-state index contributed by atoms with van der Waals surface area (Å²) in [7, 11) is 1.77. The molecule has 0 aliphatic heterocycles. The summed E-state index contributed by atoms with van der Waals surface area (Å²) in [6.07, 6.45) is 0. The highest BCUT2D eigenvalue weighted by Gasteiger charge is 2.16. The van der Waals surface area contributed by atoms with Crippen LogP contribution < -0.4 is 5.73 Å². The van der Waals surface area contributed by atoms with E-state index in [9.17, 15) is 4.79 Å². The van der Waals surface area contributed by atoms with Gasteiger partial charge in [-0.1, -0.05) is 37.3 Å². The second-order valence-electron chi connectivity index (χ2n) is 4.30. The monoisotopic (exact) mass is 250 g/mol. The minimum Gasteiger partial charge on any atom is -0.393 e. The van der Waals surface area contributed by atoms with Crippen molar-refractivity contribution in [1.82, 2.24) is 4.90 Å². The van der Waals surface area contributed by atoms with Gasteiger partial charge in [0, 0.05) is 25.1 Å². The second-order valence-corrected chi connectivity index (χ2v) is 4.78. The number of carbonyl (C=O) groups is 1. The van der Waals surface area contributed by atoms with Crippen LogP contribution in [0.3, 0.4) is 0 Å². The van der Waals surface area contributed by atoms with Crippen LogP contribution >= 0.6 is 12.2 Å². The van der Waals surface area contributed by atoms with E-state index in [0.717, 1.165) is 11.1 Å². The molecule has 0 saturated carbocycles. The van der Waals surface area contributed by atoms with E-state index in [1.807, 2.05) is 38.1 Å². The number of rotatable bonds is 4. The fourth-order valence-electron chi connectivity index (χ4n) is 1.60. The lowest BCUT2D eigenvalue weighted by Crippen LogP contribution is -2.35. The van der Waals surface area contributed by atoms with Gasteiger partial charge in [0.15, 0.2) is 0 Å². The van der Waals surface area contributed by atoms with Crippen LogP contribution in [-0.4, -0.2) is 29.4 Å². The molecule has 0 bridgehead atoms. The molecule has 0 aromatic heterocycles.